The van der Waals surface area contributed by atoms with Gasteiger partial charge in [-0.3, -0.25) is 0 Å². The summed E-state index contributed by atoms with van der Waals surface area (Å²) in [6, 6.07) is 9.79. The molecule has 0 N–H and O–H groups in total. The Kier molecular flexibility index (Phi) is 4.62. The van der Waals surface area contributed by atoms with Crippen molar-refractivity contribution in [2.75, 3.05) is 13.2 Å². The Morgan fingerprint density at radius 2 is 1.79 bits per heavy atom. The van der Waals surface area contributed by atoms with Gasteiger partial charge in [0.05, 0.1) is 13.2 Å². The van der Waals surface area contributed by atoms with Gasteiger partial charge < -0.3 is 13.6 Å². The Labute approximate surface area is 116 Å². The van der Waals surface area contributed by atoms with E-state index in [2.05, 4.69) is 27.4 Å². The lowest BCUT2D eigenvalue weighted by atomic mass is 9.82. The summed E-state index contributed by atoms with van der Waals surface area (Å²) in [5.41, 5.74) is 1.15. The van der Waals surface area contributed by atoms with Crippen LogP contribution in [-0.4, -0.2) is 13.2 Å². The molecule has 0 spiro atoms. The predicted molar refractivity (Wildman–Crippen MR) is 78.3 cm³/mol. The van der Waals surface area contributed by atoms with Crippen LogP contribution in [0.5, 0.6) is 0 Å². The molecule has 0 radical (unpaired) electrons. The Hall–Kier alpha value is -0.890. The van der Waals surface area contributed by atoms with Crippen molar-refractivity contribution in [3.63, 3.8) is 0 Å². The molecule has 0 atom stereocenters. The third-order valence-electron chi connectivity index (χ3n) is 3.27. The van der Waals surface area contributed by atoms with Gasteiger partial charge in [0.15, 0.2) is 0 Å². The second-order valence-corrected chi connectivity index (χ2v) is 6.90. The summed E-state index contributed by atoms with van der Waals surface area (Å²) >= 11 is 0. The molecular formula is C15H21O3P. The topological polar surface area (TPSA) is 27.7 Å². The standard InChI is InChI=1S/C15H21O3P/c1-12(13-8-6-5-7-9-13)18-19-16-10-14(11-17-19)15(2,3)4/h5-9,14H,1,10-11H2,2-4H3. The van der Waals surface area contributed by atoms with Crippen molar-refractivity contribution in [1.29, 1.82) is 0 Å². The van der Waals surface area contributed by atoms with Crippen molar-refractivity contribution in [2.24, 2.45) is 11.3 Å². The lowest BCUT2D eigenvalue weighted by Crippen LogP contribution is -2.31. The van der Waals surface area contributed by atoms with Crippen molar-refractivity contribution in [3.05, 3.63) is 42.5 Å². The highest BCUT2D eigenvalue weighted by atomic mass is 31.2. The molecule has 0 aliphatic carbocycles. The fraction of sp³-hybridized carbons (Fsp3) is 0.467. The van der Waals surface area contributed by atoms with Gasteiger partial charge in [-0.2, -0.15) is 0 Å². The van der Waals surface area contributed by atoms with Gasteiger partial charge in [-0.1, -0.05) is 57.7 Å². The van der Waals surface area contributed by atoms with Crippen molar-refractivity contribution in [2.45, 2.75) is 20.8 Å². The number of hydrogen-bond acceptors (Lipinski definition) is 3. The van der Waals surface area contributed by atoms with Gasteiger partial charge in [0.2, 0.25) is 0 Å². The lowest BCUT2D eigenvalue weighted by Gasteiger charge is -2.35. The van der Waals surface area contributed by atoms with E-state index in [1.165, 1.54) is 0 Å². The summed E-state index contributed by atoms with van der Waals surface area (Å²) in [6.07, 6.45) is 0. The summed E-state index contributed by atoms with van der Waals surface area (Å²) < 4.78 is 17.0. The second kappa shape index (κ2) is 6.04. The lowest BCUT2D eigenvalue weighted by molar-refractivity contribution is 0.0342. The van der Waals surface area contributed by atoms with E-state index < -0.39 is 8.60 Å². The van der Waals surface area contributed by atoms with Crippen LogP contribution in [-0.2, 0) is 13.6 Å². The van der Waals surface area contributed by atoms with Crippen LogP contribution in [0.2, 0.25) is 0 Å². The van der Waals surface area contributed by atoms with Crippen molar-refractivity contribution < 1.29 is 13.6 Å². The molecule has 0 bridgehead atoms. The molecule has 1 aliphatic rings. The maximum atomic E-state index is 5.67. The van der Waals surface area contributed by atoms with Crippen molar-refractivity contribution in [1.82, 2.24) is 0 Å². The van der Waals surface area contributed by atoms with Gasteiger partial charge in [-0.25, -0.2) is 0 Å². The molecular weight excluding hydrogens is 259 g/mol. The molecule has 104 valence electrons. The molecule has 0 unspecified atom stereocenters. The molecule has 3 nitrogen and oxygen atoms in total. The van der Waals surface area contributed by atoms with E-state index in [0.29, 0.717) is 24.9 Å². The average Bonchev–Trinajstić information content (AvgIpc) is 2.39. The molecule has 2 rings (SSSR count). The molecule has 0 aromatic heterocycles. The summed E-state index contributed by atoms with van der Waals surface area (Å²) in [6.45, 7) is 11.9. The minimum Gasteiger partial charge on any atom is -0.427 e. The number of benzene rings is 1. The summed E-state index contributed by atoms with van der Waals surface area (Å²) in [4.78, 5) is 0. The second-order valence-electron chi connectivity index (χ2n) is 5.76. The van der Waals surface area contributed by atoms with Crippen molar-refractivity contribution >= 4 is 14.4 Å². The average molecular weight is 280 g/mol. The van der Waals surface area contributed by atoms with Crippen LogP contribution in [0.1, 0.15) is 26.3 Å². The number of rotatable bonds is 3. The highest BCUT2D eigenvalue weighted by molar-refractivity contribution is 7.42. The molecule has 1 aromatic carbocycles. The highest BCUT2D eigenvalue weighted by Crippen LogP contribution is 2.49. The molecule has 0 amide bonds. The van der Waals surface area contributed by atoms with Crippen LogP contribution in [0.3, 0.4) is 0 Å². The maximum Gasteiger partial charge on any atom is 0.397 e. The van der Waals surface area contributed by atoms with E-state index >= 15 is 0 Å². The molecule has 1 fully saturated rings. The molecule has 4 heteroatoms. The van der Waals surface area contributed by atoms with E-state index in [9.17, 15) is 0 Å². The Balaban J connectivity index is 1.85. The molecule has 1 heterocycles. The quantitative estimate of drug-likeness (QED) is 0.597. The first-order valence-corrected chi connectivity index (χ1v) is 7.54. The van der Waals surface area contributed by atoms with E-state index in [4.69, 9.17) is 13.6 Å². The summed E-state index contributed by atoms with van der Waals surface area (Å²) in [5, 5.41) is 0. The maximum absolute atomic E-state index is 5.67. The predicted octanol–water partition coefficient (Wildman–Crippen LogP) is 4.61. The minimum atomic E-state index is -1.31. The van der Waals surface area contributed by atoms with Gasteiger partial charge in [0.1, 0.15) is 5.76 Å². The minimum absolute atomic E-state index is 0.192. The Morgan fingerprint density at radius 3 is 2.32 bits per heavy atom. The molecule has 0 saturated carbocycles. The summed E-state index contributed by atoms with van der Waals surface area (Å²) in [7, 11) is -1.31. The summed E-state index contributed by atoms with van der Waals surface area (Å²) in [5.74, 6) is 1.00. The fourth-order valence-corrected chi connectivity index (χ4v) is 2.78. The van der Waals surface area contributed by atoms with Crippen LogP contribution < -0.4 is 0 Å². The Bertz CT molecular complexity index is 417. The van der Waals surface area contributed by atoms with Crippen LogP contribution in [0.4, 0.5) is 0 Å². The van der Waals surface area contributed by atoms with Crippen LogP contribution in [0.25, 0.3) is 5.76 Å². The van der Waals surface area contributed by atoms with Crippen LogP contribution >= 0.6 is 8.60 Å². The van der Waals surface area contributed by atoms with Gasteiger partial charge in [0.25, 0.3) is 0 Å². The van der Waals surface area contributed by atoms with Crippen molar-refractivity contribution in [3.8, 4) is 0 Å². The fourth-order valence-electron chi connectivity index (χ4n) is 1.71. The molecule has 1 aromatic rings. The first-order valence-electron chi connectivity index (χ1n) is 6.45. The smallest absolute Gasteiger partial charge is 0.397 e. The zero-order chi connectivity index (χ0) is 13.9. The molecule has 1 saturated heterocycles. The normalized spacial score (nSPS) is 23.9. The van der Waals surface area contributed by atoms with E-state index in [1.54, 1.807) is 0 Å². The van der Waals surface area contributed by atoms with E-state index in [-0.39, 0.29) is 5.41 Å². The number of hydrogen-bond donors (Lipinski definition) is 0. The first-order chi connectivity index (χ1) is 8.97. The zero-order valence-electron chi connectivity index (χ0n) is 11.8. The third kappa shape index (κ3) is 4.04. The largest absolute Gasteiger partial charge is 0.427 e. The highest BCUT2D eigenvalue weighted by Gasteiger charge is 2.33. The van der Waals surface area contributed by atoms with Gasteiger partial charge in [-0.05, 0) is 5.41 Å². The van der Waals surface area contributed by atoms with Crippen LogP contribution in [0.15, 0.2) is 36.9 Å². The van der Waals surface area contributed by atoms with E-state index in [0.717, 1.165) is 5.56 Å². The van der Waals surface area contributed by atoms with E-state index in [1.807, 2.05) is 30.3 Å². The third-order valence-corrected chi connectivity index (χ3v) is 4.36. The van der Waals surface area contributed by atoms with Crippen LogP contribution in [0, 0.1) is 11.3 Å². The Morgan fingerprint density at radius 1 is 1.21 bits per heavy atom. The van der Waals surface area contributed by atoms with Gasteiger partial charge in [-0.15, -0.1) is 0 Å². The molecule has 19 heavy (non-hydrogen) atoms. The zero-order valence-corrected chi connectivity index (χ0v) is 12.7. The molecule has 1 aliphatic heterocycles. The van der Waals surface area contributed by atoms with Gasteiger partial charge >= 0.3 is 8.60 Å². The SMILES string of the molecule is C=C(OP1OCC(C(C)(C)C)CO1)c1ccccc1. The van der Waals surface area contributed by atoms with Gasteiger partial charge in [0, 0.05) is 11.5 Å². The first kappa shape index (κ1) is 14.5. The monoisotopic (exact) mass is 280 g/mol.